The van der Waals surface area contributed by atoms with E-state index in [-0.39, 0.29) is 0 Å². The van der Waals surface area contributed by atoms with E-state index in [1.165, 1.54) is 31.5 Å². The van der Waals surface area contributed by atoms with Crippen LogP contribution in [0, 0.1) is 5.92 Å². The Bertz CT molecular complexity index is 334. The Hall–Kier alpha value is -0.410. The first-order chi connectivity index (χ1) is 7.66. The van der Waals surface area contributed by atoms with Crippen LogP contribution in [0.4, 0.5) is 0 Å². The number of aromatic nitrogens is 1. The maximum Gasteiger partial charge on any atom is 0.106 e. The van der Waals surface area contributed by atoms with Crippen LogP contribution in [0.1, 0.15) is 38.3 Å². The highest BCUT2D eigenvalue weighted by Crippen LogP contribution is 2.32. The molecule has 1 unspecified atom stereocenters. The molecule has 0 amide bonds. The molecule has 3 heteroatoms. The van der Waals surface area contributed by atoms with Crippen LogP contribution in [0.15, 0.2) is 22.9 Å². The zero-order chi connectivity index (χ0) is 11.5. The van der Waals surface area contributed by atoms with E-state index in [2.05, 4.69) is 45.7 Å². The lowest BCUT2D eigenvalue weighted by Crippen LogP contribution is -2.27. The van der Waals surface area contributed by atoms with Crippen LogP contribution >= 0.6 is 15.9 Å². The van der Waals surface area contributed by atoms with Crippen molar-refractivity contribution in [2.45, 2.75) is 32.7 Å². The summed E-state index contributed by atoms with van der Waals surface area (Å²) in [5, 5.41) is 0. The van der Waals surface area contributed by atoms with Crippen molar-refractivity contribution < 1.29 is 0 Å². The quantitative estimate of drug-likeness (QED) is 0.787. The fraction of sp³-hybridized carbons (Fsp3) is 0.615. The molecular formula is C13H19BrN2. The molecule has 1 fully saturated rings. The summed E-state index contributed by atoms with van der Waals surface area (Å²) in [5.74, 6) is 0.740. The maximum absolute atomic E-state index is 4.33. The van der Waals surface area contributed by atoms with Crippen molar-refractivity contribution in [3.05, 3.63) is 28.5 Å². The molecule has 1 aliphatic heterocycles. The van der Waals surface area contributed by atoms with E-state index < -0.39 is 0 Å². The van der Waals surface area contributed by atoms with Crippen molar-refractivity contribution in [2.24, 2.45) is 5.92 Å². The van der Waals surface area contributed by atoms with Crippen molar-refractivity contribution in [3.8, 4) is 0 Å². The van der Waals surface area contributed by atoms with E-state index in [1.807, 2.05) is 12.3 Å². The Morgan fingerprint density at radius 1 is 1.50 bits per heavy atom. The standard InChI is InChI=1S/C13H19BrN2/c1-10(2)9-16-7-3-4-12(16)11-5-6-13(14)15-8-11/h5-6,8,10,12H,3-4,7,9H2,1-2H3. The lowest BCUT2D eigenvalue weighted by atomic mass is 10.1. The fourth-order valence-corrected chi connectivity index (χ4v) is 2.71. The van der Waals surface area contributed by atoms with Gasteiger partial charge in [-0.25, -0.2) is 4.98 Å². The summed E-state index contributed by atoms with van der Waals surface area (Å²) in [6, 6.07) is 4.82. The molecule has 16 heavy (non-hydrogen) atoms. The second-order valence-corrected chi connectivity index (χ2v) is 5.77. The van der Waals surface area contributed by atoms with E-state index in [1.54, 1.807) is 0 Å². The molecule has 2 heterocycles. The van der Waals surface area contributed by atoms with Gasteiger partial charge < -0.3 is 0 Å². The van der Waals surface area contributed by atoms with Crippen LogP contribution in [0.3, 0.4) is 0 Å². The maximum atomic E-state index is 4.33. The second kappa shape index (κ2) is 5.28. The van der Waals surface area contributed by atoms with Crippen molar-refractivity contribution in [1.29, 1.82) is 0 Å². The summed E-state index contributed by atoms with van der Waals surface area (Å²) in [6.07, 6.45) is 4.59. The predicted molar refractivity (Wildman–Crippen MR) is 70.3 cm³/mol. The summed E-state index contributed by atoms with van der Waals surface area (Å²) in [5.41, 5.74) is 1.36. The van der Waals surface area contributed by atoms with Gasteiger partial charge in [0.25, 0.3) is 0 Å². The third-order valence-corrected chi connectivity index (χ3v) is 3.57. The van der Waals surface area contributed by atoms with E-state index >= 15 is 0 Å². The Morgan fingerprint density at radius 3 is 2.94 bits per heavy atom. The molecule has 0 spiro atoms. The minimum Gasteiger partial charge on any atom is -0.296 e. The third-order valence-electron chi connectivity index (χ3n) is 3.10. The highest BCUT2D eigenvalue weighted by molar-refractivity contribution is 9.10. The normalized spacial score (nSPS) is 21.9. The first-order valence-corrected chi connectivity index (χ1v) is 6.81. The zero-order valence-corrected chi connectivity index (χ0v) is 11.6. The van der Waals surface area contributed by atoms with Gasteiger partial charge in [-0.2, -0.15) is 0 Å². The molecule has 1 saturated heterocycles. The summed E-state index contributed by atoms with van der Waals surface area (Å²) < 4.78 is 0.921. The highest BCUT2D eigenvalue weighted by atomic mass is 79.9. The van der Waals surface area contributed by atoms with Crippen molar-refractivity contribution in [2.75, 3.05) is 13.1 Å². The van der Waals surface area contributed by atoms with Crippen molar-refractivity contribution in [1.82, 2.24) is 9.88 Å². The molecule has 0 aliphatic carbocycles. The first kappa shape index (κ1) is 12.1. The molecule has 1 atom stereocenters. The summed E-state index contributed by atoms with van der Waals surface area (Å²) >= 11 is 3.38. The Balaban J connectivity index is 2.10. The monoisotopic (exact) mass is 282 g/mol. The Kier molecular flexibility index (Phi) is 3.98. The predicted octanol–water partition coefficient (Wildman–Crippen LogP) is 3.64. The van der Waals surface area contributed by atoms with E-state index in [9.17, 15) is 0 Å². The number of rotatable bonds is 3. The number of halogens is 1. The number of likely N-dealkylation sites (tertiary alicyclic amines) is 1. The van der Waals surface area contributed by atoms with Gasteiger partial charge in [-0.15, -0.1) is 0 Å². The molecule has 2 nitrogen and oxygen atoms in total. The molecule has 0 saturated carbocycles. The summed E-state index contributed by atoms with van der Waals surface area (Å²) in [6.45, 7) is 7.00. The Morgan fingerprint density at radius 2 is 2.31 bits per heavy atom. The van der Waals surface area contributed by atoms with E-state index in [0.29, 0.717) is 6.04 Å². The van der Waals surface area contributed by atoms with Crippen LogP contribution in [0.2, 0.25) is 0 Å². The molecule has 1 aromatic heterocycles. The van der Waals surface area contributed by atoms with Gasteiger partial charge in [-0.05, 0) is 52.9 Å². The Labute approximate surface area is 106 Å². The summed E-state index contributed by atoms with van der Waals surface area (Å²) in [4.78, 5) is 6.92. The number of nitrogens with zero attached hydrogens (tertiary/aromatic N) is 2. The van der Waals surface area contributed by atoms with E-state index in [0.717, 1.165) is 10.5 Å². The third kappa shape index (κ3) is 2.83. The van der Waals surface area contributed by atoms with Gasteiger partial charge in [0.05, 0.1) is 0 Å². The first-order valence-electron chi connectivity index (χ1n) is 6.02. The minimum atomic E-state index is 0.586. The zero-order valence-electron chi connectivity index (χ0n) is 9.99. The lowest BCUT2D eigenvalue weighted by molar-refractivity contribution is 0.228. The second-order valence-electron chi connectivity index (χ2n) is 4.96. The molecular weight excluding hydrogens is 264 g/mol. The van der Waals surface area contributed by atoms with E-state index in [4.69, 9.17) is 0 Å². The largest absolute Gasteiger partial charge is 0.296 e. The summed E-state index contributed by atoms with van der Waals surface area (Å²) in [7, 11) is 0. The highest BCUT2D eigenvalue weighted by Gasteiger charge is 2.26. The molecule has 88 valence electrons. The smallest absolute Gasteiger partial charge is 0.106 e. The number of hydrogen-bond donors (Lipinski definition) is 0. The molecule has 0 bridgehead atoms. The van der Waals surface area contributed by atoms with Crippen LogP contribution < -0.4 is 0 Å². The molecule has 0 N–H and O–H groups in total. The van der Waals surface area contributed by atoms with Gasteiger partial charge in [-0.3, -0.25) is 4.90 Å². The SMILES string of the molecule is CC(C)CN1CCCC1c1ccc(Br)nc1. The van der Waals surface area contributed by atoms with Gasteiger partial charge in [0.1, 0.15) is 4.60 Å². The fourth-order valence-electron chi connectivity index (χ4n) is 2.48. The van der Waals surface area contributed by atoms with Crippen molar-refractivity contribution in [3.63, 3.8) is 0 Å². The molecule has 1 aromatic rings. The van der Waals surface area contributed by atoms with Gasteiger partial charge >= 0.3 is 0 Å². The molecule has 1 aliphatic rings. The van der Waals surface area contributed by atoms with Crippen molar-refractivity contribution >= 4 is 15.9 Å². The number of hydrogen-bond acceptors (Lipinski definition) is 2. The van der Waals surface area contributed by atoms with Gasteiger partial charge in [0.15, 0.2) is 0 Å². The van der Waals surface area contributed by atoms with Crippen LogP contribution in [-0.2, 0) is 0 Å². The van der Waals surface area contributed by atoms with Gasteiger partial charge in [0.2, 0.25) is 0 Å². The van der Waals surface area contributed by atoms with Crippen LogP contribution in [0.25, 0.3) is 0 Å². The topological polar surface area (TPSA) is 16.1 Å². The molecule has 0 aromatic carbocycles. The minimum absolute atomic E-state index is 0.586. The molecule has 2 rings (SSSR count). The lowest BCUT2D eigenvalue weighted by Gasteiger charge is -2.26. The van der Waals surface area contributed by atoms with Gasteiger partial charge in [0, 0.05) is 18.8 Å². The average Bonchev–Trinajstić information content (AvgIpc) is 2.66. The average molecular weight is 283 g/mol. The van der Waals surface area contributed by atoms with Gasteiger partial charge in [-0.1, -0.05) is 19.9 Å². The number of pyridine rings is 1. The molecule has 0 radical (unpaired) electrons. The van der Waals surface area contributed by atoms with Crippen LogP contribution in [0.5, 0.6) is 0 Å². The van der Waals surface area contributed by atoms with Crippen LogP contribution in [-0.4, -0.2) is 23.0 Å².